The van der Waals surface area contributed by atoms with E-state index >= 15 is 0 Å². The first kappa shape index (κ1) is 13.8. The van der Waals surface area contributed by atoms with E-state index < -0.39 is 6.10 Å². The standard InChI is InChI=1S/C14H21ClN2O/c1-16-7-8-17(10-13(18)9-15)14(11-16)12-5-3-2-4-6-12/h2-6,13-14,18H,7-11H2,1H3. The zero-order valence-corrected chi connectivity index (χ0v) is 11.6. The van der Waals surface area contributed by atoms with E-state index in [9.17, 15) is 5.11 Å². The molecule has 100 valence electrons. The number of nitrogens with zero attached hydrogens (tertiary/aromatic N) is 2. The van der Waals surface area contributed by atoms with Crippen LogP contribution in [0, 0.1) is 0 Å². The fourth-order valence-corrected chi connectivity index (χ4v) is 2.58. The molecular weight excluding hydrogens is 248 g/mol. The molecule has 1 aromatic carbocycles. The Kier molecular flexibility index (Phi) is 5.01. The first-order chi connectivity index (χ1) is 8.70. The molecule has 1 aliphatic rings. The van der Waals surface area contributed by atoms with E-state index in [1.165, 1.54) is 5.56 Å². The van der Waals surface area contributed by atoms with Gasteiger partial charge in [-0.1, -0.05) is 30.3 Å². The van der Waals surface area contributed by atoms with Gasteiger partial charge in [0.05, 0.1) is 6.10 Å². The van der Waals surface area contributed by atoms with Crippen LogP contribution in [0.15, 0.2) is 30.3 Å². The molecule has 1 aromatic rings. The highest BCUT2D eigenvalue weighted by molar-refractivity contribution is 6.18. The number of piperazine rings is 1. The third kappa shape index (κ3) is 3.45. The summed E-state index contributed by atoms with van der Waals surface area (Å²) in [5, 5.41) is 9.75. The van der Waals surface area contributed by atoms with Gasteiger partial charge in [0.2, 0.25) is 0 Å². The van der Waals surface area contributed by atoms with Gasteiger partial charge >= 0.3 is 0 Å². The Bertz CT molecular complexity index is 360. The average Bonchev–Trinajstić information content (AvgIpc) is 2.41. The highest BCUT2D eigenvalue weighted by Gasteiger charge is 2.27. The van der Waals surface area contributed by atoms with Gasteiger partial charge < -0.3 is 10.0 Å². The fraction of sp³-hybridized carbons (Fsp3) is 0.571. The lowest BCUT2D eigenvalue weighted by molar-refractivity contribution is 0.0479. The van der Waals surface area contributed by atoms with Crippen molar-refractivity contribution in [2.24, 2.45) is 0 Å². The minimum Gasteiger partial charge on any atom is -0.391 e. The molecule has 0 spiro atoms. The van der Waals surface area contributed by atoms with Crippen molar-refractivity contribution in [3.63, 3.8) is 0 Å². The summed E-state index contributed by atoms with van der Waals surface area (Å²) < 4.78 is 0. The highest BCUT2D eigenvalue weighted by Crippen LogP contribution is 2.24. The third-order valence-corrected chi connectivity index (χ3v) is 3.86. The number of β-amino-alcohol motifs (C(OH)–C–C–N with tert-alkyl or cyclic N) is 1. The number of benzene rings is 1. The van der Waals surface area contributed by atoms with E-state index in [1.54, 1.807) is 0 Å². The molecule has 2 unspecified atom stereocenters. The molecule has 2 atom stereocenters. The van der Waals surface area contributed by atoms with Crippen LogP contribution in [0.4, 0.5) is 0 Å². The zero-order chi connectivity index (χ0) is 13.0. The smallest absolute Gasteiger partial charge is 0.0802 e. The van der Waals surface area contributed by atoms with Crippen LogP contribution in [0.1, 0.15) is 11.6 Å². The minimum absolute atomic E-state index is 0.299. The Morgan fingerprint density at radius 2 is 2.06 bits per heavy atom. The number of rotatable bonds is 4. The van der Waals surface area contributed by atoms with Crippen molar-refractivity contribution >= 4 is 11.6 Å². The molecule has 2 rings (SSSR count). The molecule has 3 nitrogen and oxygen atoms in total. The van der Waals surface area contributed by atoms with Gasteiger partial charge in [0.15, 0.2) is 0 Å². The van der Waals surface area contributed by atoms with Gasteiger partial charge in [-0.3, -0.25) is 4.90 Å². The summed E-state index contributed by atoms with van der Waals surface area (Å²) in [5.74, 6) is 0.299. The second-order valence-corrected chi connectivity index (χ2v) is 5.30. The molecule has 4 heteroatoms. The largest absolute Gasteiger partial charge is 0.391 e. The lowest BCUT2D eigenvalue weighted by Crippen LogP contribution is -2.49. The van der Waals surface area contributed by atoms with E-state index in [2.05, 4.69) is 41.1 Å². The first-order valence-corrected chi connectivity index (χ1v) is 6.95. The van der Waals surface area contributed by atoms with Crippen LogP contribution in [-0.2, 0) is 0 Å². The van der Waals surface area contributed by atoms with E-state index in [0.717, 1.165) is 19.6 Å². The number of aliphatic hydroxyl groups is 1. The summed E-state index contributed by atoms with van der Waals surface area (Å²) in [6, 6.07) is 10.8. The number of hydrogen-bond donors (Lipinski definition) is 1. The molecule has 0 bridgehead atoms. The average molecular weight is 269 g/mol. The number of halogens is 1. The Balaban J connectivity index is 2.11. The van der Waals surface area contributed by atoms with Crippen LogP contribution in [0.25, 0.3) is 0 Å². The number of aliphatic hydroxyl groups excluding tert-OH is 1. The number of alkyl halides is 1. The summed E-state index contributed by atoms with van der Waals surface area (Å²) in [6.45, 7) is 3.66. The molecule has 0 amide bonds. The molecular formula is C14H21ClN2O. The maximum Gasteiger partial charge on any atom is 0.0802 e. The van der Waals surface area contributed by atoms with Crippen LogP contribution < -0.4 is 0 Å². The summed E-state index contributed by atoms with van der Waals surface area (Å²) in [5.41, 5.74) is 1.31. The number of likely N-dealkylation sites (N-methyl/N-ethyl adjacent to an activating group) is 1. The van der Waals surface area contributed by atoms with Crippen LogP contribution in [0.5, 0.6) is 0 Å². The Labute approximate surface area is 114 Å². The molecule has 18 heavy (non-hydrogen) atoms. The maximum atomic E-state index is 9.75. The molecule has 1 N–H and O–H groups in total. The van der Waals surface area contributed by atoms with Gasteiger partial charge in [0.1, 0.15) is 0 Å². The molecule has 0 aromatic heterocycles. The van der Waals surface area contributed by atoms with Crippen molar-refractivity contribution in [1.82, 2.24) is 9.80 Å². The SMILES string of the molecule is CN1CCN(CC(O)CCl)C(c2ccccc2)C1. The predicted octanol–water partition coefficient (Wildman–Crippen LogP) is 1.57. The second kappa shape index (κ2) is 6.53. The van der Waals surface area contributed by atoms with Crippen molar-refractivity contribution in [1.29, 1.82) is 0 Å². The molecule has 1 aliphatic heterocycles. The van der Waals surface area contributed by atoms with E-state index in [-0.39, 0.29) is 0 Å². The van der Waals surface area contributed by atoms with Gasteiger partial charge in [-0.2, -0.15) is 0 Å². The van der Waals surface area contributed by atoms with Crippen molar-refractivity contribution in [2.75, 3.05) is 39.1 Å². The lowest BCUT2D eigenvalue weighted by atomic mass is 10.0. The van der Waals surface area contributed by atoms with Gasteiger partial charge in [-0.15, -0.1) is 11.6 Å². The minimum atomic E-state index is -0.443. The van der Waals surface area contributed by atoms with Gasteiger partial charge in [0, 0.05) is 38.1 Å². The van der Waals surface area contributed by atoms with Crippen LogP contribution >= 0.6 is 11.6 Å². The zero-order valence-electron chi connectivity index (χ0n) is 10.8. The fourth-order valence-electron chi connectivity index (χ4n) is 2.49. The van der Waals surface area contributed by atoms with Crippen LogP contribution in [0.2, 0.25) is 0 Å². The number of hydrogen-bond acceptors (Lipinski definition) is 3. The monoisotopic (exact) mass is 268 g/mol. The van der Waals surface area contributed by atoms with Crippen LogP contribution in [0.3, 0.4) is 0 Å². The molecule has 1 heterocycles. The third-order valence-electron chi connectivity index (χ3n) is 3.50. The molecule has 1 fully saturated rings. The predicted molar refractivity (Wildman–Crippen MR) is 75.0 cm³/mol. The second-order valence-electron chi connectivity index (χ2n) is 4.99. The summed E-state index contributed by atoms with van der Waals surface area (Å²) in [4.78, 5) is 4.67. The Hall–Kier alpha value is -0.610. The molecule has 0 saturated carbocycles. The van der Waals surface area contributed by atoms with Crippen molar-refractivity contribution in [3.05, 3.63) is 35.9 Å². The van der Waals surface area contributed by atoms with Crippen molar-refractivity contribution in [2.45, 2.75) is 12.1 Å². The van der Waals surface area contributed by atoms with Crippen LogP contribution in [-0.4, -0.2) is 60.1 Å². The lowest BCUT2D eigenvalue weighted by Gasteiger charge is -2.41. The first-order valence-electron chi connectivity index (χ1n) is 6.42. The summed E-state index contributed by atoms with van der Waals surface area (Å²) in [7, 11) is 2.14. The quantitative estimate of drug-likeness (QED) is 0.840. The van der Waals surface area contributed by atoms with Gasteiger partial charge in [0.25, 0.3) is 0 Å². The van der Waals surface area contributed by atoms with E-state index in [0.29, 0.717) is 18.5 Å². The van der Waals surface area contributed by atoms with Gasteiger partial charge in [-0.25, -0.2) is 0 Å². The Morgan fingerprint density at radius 3 is 2.72 bits per heavy atom. The normalized spacial score (nSPS) is 24.1. The molecule has 0 aliphatic carbocycles. The van der Waals surface area contributed by atoms with E-state index in [4.69, 9.17) is 11.6 Å². The molecule has 0 radical (unpaired) electrons. The highest BCUT2D eigenvalue weighted by atomic mass is 35.5. The molecule has 1 saturated heterocycles. The van der Waals surface area contributed by atoms with Crippen molar-refractivity contribution < 1.29 is 5.11 Å². The Morgan fingerprint density at radius 1 is 1.33 bits per heavy atom. The van der Waals surface area contributed by atoms with E-state index in [1.807, 2.05) is 6.07 Å². The summed E-state index contributed by atoms with van der Waals surface area (Å²) in [6.07, 6.45) is -0.443. The van der Waals surface area contributed by atoms with Gasteiger partial charge in [-0.05, 0) is 12.6 Å². The topological polar surface area (TPSA) is 26.7 Å². The maximum absolute atomic E-state index is 9.75. The van der Waals surface area contributed by atoms with Crippen molar-refractivity contribution in [3.8, 4) is 0 Å². The summed E-state index contributed by atoms with van der Waals surface area (Å²) >= 11 is 5.71.